The standard InChI is InChI=1S/C13H11F3N2/c1-7-2-3-18-6-9(7)13(17)12-10(15)4-8(14)5-11(12)16/h2-6,13H,17H2,1H3. The zero-order chi connectivity index (χ0) is 13.3. The Balaban J connectivity index is 2.53. The highest BCUT2D eigenvalue weighted by Crippen LogP contribution is 2.27. The van der Waals surface area contributed by atoms with E-state index in [1.165, 1.54) is 6.20 Å². The SMILES string of the molecule is Cc1ccncc1C(N)c1c(F)cc(F)cc1F. The molecule has 0 amide bonds. The van der Waals surface area contributed by atoms with Crippen LogP contribution in [0.25, 0.3) is 0 Å². The van der Waals surface area contributed by atoms with Crippen LogP contribution in [0.3, 0.4) is 0 Å². The van der Waals surface area contributed by atoms with Crippen LogP contribution in [0.4, 0.5) is 13.2 Å². The van der Waals surface area contributed by atoms with Gasteiger partial charge in [0.15, 0.2) is 0 Å². The first-order chi connectivity index (χ1) is 8.50. The fourth-order valence-electron chi connectivity index (χ4n) is 1.81. The highest BCUT2D eigenvalue weighted by molar-refractivity contribution is 5.36. The van der Waals surface area contributed by atoms with Crippen LogP contribution in [-0.4, -0.2) is 4.98 Å². The van der Waals surface area contributed by atoms with Crippen LogP contribution in [0.2, 0.25) is 0 Å². The smallest absolute Gasteiger partial charge is 0.134 e. The second-order valence-electron chi connectivity index (χ2n) is 3.99. The minimum absolute atomic E-state index is 0.354. The molecule has 5 heteroatoms. The zero-order valence-electron chi connectivity index (χ0n) is 9.62. The predicted molar refractivity (Wildman–Crippen MR) is 61.3 cm³/mol. The Morgan fingerprint density at radius 3 is 2.33 bits per heavy atom. The summed E-state index contributed by atoms with van der Waals surface area (Å²) in [5.41, 5.74) is 6.74. The van der Waals surface area contributed by atoms with Crippen LogP contribution in [0.15, 0.2) is 30.6 Å². The Hall–Kier alpha value is -1.88. The first-order valence-electron chi connectivity index (χ1n) is 5.31. The summed E-state index contributed by atoms with van der Waals surface area (Å²) in [6, 6.07) is 1.90. The van der Waals surface area contributed by atoms with Gasteiger partial charge in [0, 0.05) is 30.1 Å². The number of aromatic nitrogens is 1. The van der Waals surface area contributed by atoms with Gasteiger partial charge in [-0.1, -0.05) is 0 Å². The molecule has 0 aliphatic heterocycles. The van der Waals surface area contributed by atoms with E-state index >= 15 is 0 Å². The van der Waals surface area contributed by atoms with Crippen molar-refractivity contribution < 1.29 is 13.2 Å². The number of aryl methyl sites for hydroxylation is 1. The van der Waals surface area contributed by atoms with Crippen LogP contribution in [0, 0.1) is 24.4 Å². The molecule has 0 saturated heterocycles. The molecule has 18 heavy (non-hydrogen) atoms. The first-order valence-corrected chi connectivity index (χ1v) is 5.31. The third-order valence-corrected chi connectivity index (χ3v) is 2.77. The molecular formula is C13H11F3N2. The maximum atomic E-state index is 13.6. The average molecular weight is 252 g/mol. The molecule has 0 bridgehead atoms. The summed E-state index contributed by atoms with van der Waals surface area (Å²) in [7, 11) is 0. The molecule has 94 valence electrons. The molecule has 2 N–H and O–H groups in total. The molecule has 1 atom stereocenters. The molecule has 0 aliphatic rings. The van der Waals surface area contributed by atoms with E-state index in [1.807, 2.05) is 0 Å². The van der Waals surface area contributed by atoms with Crippen molar-refractivity contribution in [1.29, 1.82) is 0 Å². The van der Waals surface area contributed by atoms with Gasteiger partial charge >= 0.3 is 0 Å². The predicted octanol–water partition coefficient (Wildman–Crippen LogP) is 2.86. The molecule has 1 unspecified atom stereocenters. The Morgan fingerprint density at radius 1 is 1.17 bits per heavy atom. The van der Waals surface area contributed by atoms with Gasteiger partial charge in [-0.25, -0.2) is 13.2 Å². The Labute approximate surface area is 102 Å². The van der Waals surface area contributed by atoms with Crippen molar-refractivity contribution in [3.63, 3.8) is 0 Å². The molecule has 0 fully saturated rings. The number of nitrogens with zero attached hydrogens (tertiary/aromatic N) is 1. The number of benzene rings is 1. The highest BCUT2D eigenvalue weighted by atomic mass is 19.1. The van der Waals surface area contributed by atoms with Crippen molar-refractivity contribution in [2.75, 3.05) is 0 Å². The molecule has 0 aliphatic carbocycles. The lowest BCUT2D eigenvalue weighted by atomic mass is 9.96. The van der Waals surface area contributed by atoms with Crippen molar-refractivity contribution in [3.8, 4) is 0 Å². The molecule has 0 radical (unpaired) electrons. The third-order valence-electron chi connectivity index (χ3n) is 2.77. The van der Waals surface area contributed by atoms with Gasteiger partial charge in [-0.3, -0.25) is 4.98 Å². The maximum Gasteiger partial charge on any atom is 0.134 e. The molecule has 1 aromatic heterocycles. The fraction of sp³-hybridized carbons (Fsp3) is 0.154. The minimum Gasteiger partial charge on any atom is -0.320 e. The van der Waals surface area contributed by atoms with E-state index in [0.29, 0.717) is 17.7 Å². The van der Waals surface area contributed by atoms with E-state index in [9.17, 15) is 13.2 Å². The Bertz CT molecular complexity index is 561. The van der Waals surface area contributed by atoms with E-state index in [1.54, 1.807) is 19.2 Å². The van der Waals surface area contributed by atoms with Crippen molar-refractivity contribution in [2.45, 2.75) is 13.0 Å². The molecule has 2 nitrogen and oxygen atoms in total. The molecule has 2 rings (SSSR count). The number of pyridine rings is 1. The van der Waals surface area contributed by atoms with Crippen LogP contribution >= 0.6 is 0 Å². The van der Waals surface area contributed by atoms with Gasteiger partial charge in [0.05, 0.1) is 6.04 Å². The van der Waals surface area contributed by atoms with Gasteiger partial charge in [0.1, 0.15) is 17.5 Å². The normalized spacial score (nSPS) is 12.5. The quantitative estimate of drug-likeness (QED) is 0.892. The van der Waals surface area contributed by atoms with Crippen molar-refractivity contribution in [3.05, 3.63) is 64.7 Å². The number of hydrogen-bond donors (Lipinski definition) is 1. The van der Waals surface area contributed by atoms with Gasteiger partial charge in [0.25, 0.3) is 0 Å². The maximum absolute atomic E-state index is 13.6. The summed E-state index contributed by atoms with van der Waals surface area (Å²) in [4.78, 5) is 3.87. The summed E-state index contributed by atoms with van der Waals surface area (Å²) in [5.74, 6) is -2.96. The van der Waals surface area contributed by atoms with Gasteiger partial charge in [-0.2, -0.15) is 0 Å². The van der Waals surface area contributed by atoms with Gasteiger partial charge < -0.3 is 5.73 Å². The summed E-state index contributed by atoms with van der Waals surface area (Å²) in [6.45, 7) is 1.76. The van der Waals surface area contributed by atoms with E-state index in [-0.39, 0.29) is 5.56 Å². The summed E-state index contributed by atoms with van der Waals surface area (Å²) in [6.07, 6.45) is 3.01. The fourth-order valence-corrected chi connectivity index (χ4v) is 1.81. The molecule has 0 spiro atoms. The lowest BCUT2D eigenvalue weighted by molar-refractivity contribution is 0.514. The number of rotatable bonds is 2. The first kappa shape index (κ1) is 12.6. The largest absolute Gasteiger partial charge is 0.320 e. The topological polar surface area (TPSA) is 38.9 Å². The molecular weight excluding hydrogens is 241 g/mol. The second kappa shape index (κ2) is 4.78. The van der Waals surface area contributed by atoms with Crippen molar-refractivity contribution in [1.82, 2.24) is 4.98 Å². The van der Waals surface area contributed by atoms with Crippen molar-refractivity contribution >= 4 is 0 Å². The van der Waals surface area contributed by atoms with Gasteiger partial charge in [-0.15, -0.1) is 0 Å². The zero-order valence-corrected chi connectivity index (χ0v) is 9.62. The summed E-state index contributed by atoms with van der Waals surface area (Å²) < 4.78 is 40.0. The summed E-state index contributed by atoms with van der Waals surface area (Å²) in [5, 5.41) is 0. The Morgan fingerprint density at radius 2 is 1.78 bits per heavy atom. The lowest BCUT2D eigenvalue weighted by Gasteiger charge is -2.16. The highest BCUT2D eigenvalue weighted by Gasteiger charge is 2.21. The van der Waals surface area contributed by atoms with Crippen LogP contribution in [0.5, 0.6) is 0 Å². The second-order valence-corrected chi connectivity index (χ2v) is 3.99. The number of hydrogen-bond acceptors (Lipinski definition) is 2. The molecule has 2 aromatic rings. The monoisotopic (exact) mass is 252 g/mol. The van der Waals surface area contributed by atoms with E-state index < -0.39 is 23.5 Å². The lowest BCUT2D eigenvalue weighted by Crippen LogP contribution is -2.17. The van der Waals surface area contributed by atoms with Crippen LogP contribution in [-0.2, 0) is 0 Å². The van der Waals surface area contributed by atoms with Gasteiger partial charge in [-0.05, 0) is 24.1 Å². The Kier molecular flexibility index (Phi) is 3.34. The van der Waals surface area contributed by atoms with E-state index in [2.05, 4.69) is 4.98 Å². The number of halogens is 3. The van der Waals surface area contributed by atoms with Gasteiger partial charge in [0.2, 0.25) is 0 Å². The minimum atomic E-state index is -1.01. The summed E-state index contributed by atoms with van der Waals surface area (Å²) >= 11 is 0. The average Bonchev–Trinajstić information content (AvgIpc) is 2.27. The van der Waals surface area contributed by atoms with Crippen LogP contribution < -0.4 is 5.73 Å². The molecule has 1 heterocycles. The van der Waals surface area contributed by atoms with E-state index in [4.69, 9.17) is 5.73 Å². The third kappa shape index (κ3) is 2.22. The van der Waals surface area contributed by atoms with E-state index in [0.717, 1.165) is 5.56 Å². The number of nitrogens with two attached hydrogens (primary N) is 1. The van der Waals surface area contributed by atoms with Crippen LogP contribution in [0.1, 0.15) is 22.7 Å². The molecule has 1 aromatic carbocycles. The van der Waals surface area contributed by atoms with Crippen molar-refractivity contribution in [2.24, 2.45) is 5.73 Å². The molecule has 0 saturated carbocycles.